The van der Waals surface area contributed by atoms with Gasteiger partial charge in [0, 0.05) is 18.8 Å². The van der Waals surface area contributed by atoms with Gasteiger partial charge in [-0.1, -0.05) is 13.8 Å². The maximum absolute atomic E-state index is 11.7. The first kappa shape index (κ1) is 17.7. The van der Waals surface area contributed by atoms with Gasteiger partial charge in [0.25, 0.3) is 0 Å². The van der Waals surface area contributed by atoms with Crippen molar-refractivity contribution < 1.29 is 17.9 Å². The van der Waals surface area contributed by atoms with E-state index >= 15 is 0 Å². The second kappa shape index (κ2) is 8.86. The van der Waals surface area contributed by atoms with Gasteiger partial charge < -0.3 is 15.2 Å². The molecule has 7 heteroatoms. The second-order valence-corrected chi connectivity index (χ2v) is 7.03. The fraction of sp³-hybridized carbons (Fsp3) is 0.571. The van der Waals surface area contributed by atoms with Crippen LogP contribution in [0.25, 0.3) is 0 Å². The molecule has 0 aliphatic heterocycles. The Morgan fingerprint density at radius 1 is 1.19 bits per heavy atom. The largest absolute Gasteiger partial charge is 0.492 e. The molecule has 120 valence electrons. The van der Waals surface area contributed by atoms with E-state index in [4.69, 9.17) is 15.2 Å². The molecule has 0 amide bonds. The summed E-state index contributed by atoms with van der Waals surface area (Å²) in [5.74, 6) is 0.941. The maximum Gasteiger partial charge on any atom is 0.215 e. The standard InChI is InChI=1S/C14H24N2O4S/c1-12(2)11-19-8-7-16-21(17,18)10-9-20-14-5-3-13(15)4-6-14/h3-6,12,16H,7-11,15H2,1-2H3. The molecule has 0 atom stereocenters. The number of sulfonamides is 1. The van der Waals surface area contributed by atoms with Crippen molar-refractivity contribution in [2.24, 2.45) is 5.92 Å². The van der Waals surface area contributed by atoms with Crippen molar-refractivity contribution in [1.29, 1.82) is 0 Å². The van der Waals surface area contributed by atoms with E-state index in [9.17, 15) is 8.42 Å². The number of hydrogen-bond donors (Lipinski definition) is 2. The molecule has 0 heterocycles. The molecule has 1 rings (SSSR count). The Labute approximate surface area is 126 Å². The van der Waals surface area contributed by atoms with Gasteiger partial charge in [-0.15, -0.1) is 0 Å². The Bertz CT molecular complexity index is 500. The van der Waals surface area contributed by atoms with Crippen LogP contribution in [0.4, 0.5) is 5.69 Å². The third-order valence-electron chi connectivity index (χ3n) is 2.52. The van der Waals surface area contributed by atoms with E-state index in [0.717, 1.165) is 0 Å². The molecule has 1 aromatic rings. The van der Waals surface area contributed by atoms with Gasteiger partial charge in [-0.3, -0.25) is 0 Å². The van der Waals surface area contributed by atoms with Crippen molar-refractivity contribution >= 4 is 15.7 Å². The average molecular weight is 316 g/mol. The van der Waals surface area contributed by atoms with Gasteiger partial charge in [-0.05, 0) is 30.2 Å². The van der Waals surface area contributed by atoms with Gasteiger partial charge in [0.05, 0.1) is 12.4 Å². The predicted molar refractivity (Wildman–Crippen MR) is 83.8 cm³/mol. The van der Waals surface area contributed by atoms with Crippen LogP contribution in [0, 0.1) is 5.92 Å². The maximum atomic E-state index is 11.7. The summed E-state index contributed by atoms with van der Waals surface area (Å²) in [5.41, 5.74) is 6.19. The molecule has 0 unspecified atom stereocenters. The first-order valence-electron chi connectivity index (χ1n) is 6.92. The molecule has 0 saturated carbocycles. The van der Waals surface area contributed by atoms with E-state index in [-0.39, 0.29) is 18.9 Å². The van der Waals surface area contributed by atoms with Crippen molar-refractivity contribution in [3.8, 4) is 5.75 Å². The fourth-order valence-electron chi connectivity index (χ4n) is 1.49. The van der Waals surface area contributed by atoms with Crippen LogP contribution in [-0.4, -0.2) is 40.5 Å². The molecule has 0 radical (unpaired) electrons. The summed E-state index contributed by atoms with van der Waals surface area (Å²) in [6.45, 7) is 5.44. The zero-order valence-corrected chi connectivity index (χ0v) is 13.4. The number of anilines is 1. The Kier molecular flexibility index (Phi) is 7.49. The van der Waals surface area contributed by atoms with Gasteiger partial charge in [-0.2, -0.15) is 0 Å². The lowest BCUT2D eigenvalue weighted by Crippen LogP contribution is -2.32. The van der Waals surface area contributed by atoms with Crippen molar-refractivity contribution in [2.45, 2.75) is 13.8 Å². The molecule has 0 aliphatic rings. The zero-order valence-electron chi connectivity index (χ0n) is 12.5. The number of nitrogens with two attached hydrogens (primary N) is 1. The first-order valence-corrected chi connectivity index (χ1v) is 8.58. The molecular formula is C14H24N2O4S. The van der Waals surface area contributed by atoms with Crippen LogP contribution in [0.5, 0.6) is 5.75 Å². The molecule has 3 N–H and O–H groups in total. The van der Waals surface area contributed by atoms with Crippen molar-refractivity contribution in [1.82, 2.24) is 4.72 Å². The minimum absolute atomic E-state index is 0.0894. The minimum Gasteiger partial charge on any atom is -0.492 e. The molecule has 1 aromatic carbocycles. The molecule has 21 heavy (non-hydrogen) atoms. The van der Waals surface area contributed by atoms with E-state index in [1.165, 1.54) is 0 Å². The van der Waals surface area contributed by atoms with Crippen molar-refractivity contribution in [3.63, 3.8) is 0 Å². The second-order valence-electron chi connectivity index (χ2n) is 5.10. The number of benzene rings is 1. The monoisotopic (exact) mass is 316 g/mol. The zero-order chi connectivity index (χ0) is 15.7. The number of ether oxygens (including phenoxy) is 2. The highest BCUT2D eigenvalue weighted by Gasteiger charge is 2.09. The lowest BCUT2D eigenvalue weighted by molar-refractivity contribution is 0.114. The Morgan fingerprint density at radius 3 is 2.48 bits per heavy atom. The Morgan fingerprint density at radius 2 is 1.86 bits per heavy atom. The van der Waals surface area contributed by atoms with Gasteiger partial charge in [0.15, 0.2) is 0 Å². The van der Waals surface area contributed by atoms with Crippen LogP contribution in [0.15, 0.2) is 24.3 Å². The summed E-state index contributed by atoms with van der Waals surface area (Å²) in [7, 11) is -3.34. The summed E-state index contributed by atoms with van der Waals surface area (Å²) in [6, 6.07) is 6.81. The van der Waals surface area contributed by atoms with E-state index in [1.54, 1.807) is 24.3 Å². The summed E-state index contributed by atoms with van der Waals surface area (Å²) in [5, 5.41) is 0. The SMILES string of the molecule is CC(C)COCCNS(=O)(=O)CCOc1ccc(N)cc1. The van der Waals surface area contributed by atoms with Crippen molar-refractivity contribution in [2.75, 3.05) is 37.9 Å². The summed E-state index contributed by atoms with van der Waals surface area (Å²) >= 11 is 0. The summed E-state index contributed by atoms with van der Waals surface area (Å²) in [4.78, 5) is 0. The van der Waals surface area contributed by atoms with E-state index in [1.807, 2.05) is 13.8 Å². The van der Waals surface area contributed by atoms with Crippen molar-refractivity contribution in [3.05, 3.63) is 24.3 Å². The van der Waals surface area contributed by atoms with E-state index in [2.05, 4.69) is 4.72 Å². The van der Waals surface area contributed by atoms with Crippen LogP contribution in [0.2, 0.25) is 0 Å². The molecule has 0 spiro atoms. The number of nitrogen functional groups attached to an aromatic ring is 1. The smallest absolute Gasteiger partial charge is 0.215 e. The van der Waals surface area contributed by atoms with E-state index in [0.29, 0.717) is 30.6 Å². The molecule has 0 fully saturated rings. The predicted octanol–water partition coefficient (Wildman–Crippen LogP) is 1.24. The first-order chi connectivity index (χ1) is 9.89. The Hall–Kier alpha value is -1.31. The van der Waals surface area contributed by atoms with Gasteiger partial charge in [0.2, 0.25) is 10.0 Å². The summed E-state index contributed by atoms with van der Waals surface area (Å²) in [6.07, 6.45) is 0. The fourth-order valence-corrected chi connectivity index (χ4v) is 2.34. The van der Waals surface area contributed by atoms with E-state index < -0.39 is 10.0 Å². The number of nitrogens with one attached hydrogen (secondary N) is 1. The minimum atomic E-state index is -3.34. The number of rotatable bonds is 10. The molecule has 6 nitrogen and oxygen atoms in total. The molecule has 0 bridgehead atoms. The third kappa shape index (κ3) is 8.54. The third-order valence-corrected chi connectivity index (χ3v) is 3.87. The average Bonchev–Trinajstić information content (AvgIpc) is 2.40. The molecule has 0 aliphatic carbocycles. The highest BCUT2D eigenvalue weighted by atomic mass is 32.2. The van der Waals surface area contributed by atoms with Crippen LogP contribution in [-0.2, 0) is 14.8 Å². The normalized spacial score (nSPS) is 11.8. The van der Waals surface area contributed by atoms with Crippen LogP contribution >= 0.6 is 0 Å². The highest BCUT2D eigenvalue weighted by Crippen LogP contribution is 2.12. The molecule has 0 saturated heterocycles. The van der Waals surface area contributed by atoms with Gasteiger partial charge in [-0.25, -0.2) is 13.1 Å². The molecular weight excluding hydrogens is 292 g/mol. The Balaban J connectivity index is 2.19. The lowest BCUT2D eigenvalue weighted by atomic mass is 10.2. The van der Waals surface area contributed by atoms with Crippen LogP contribution in [0.3, 0.4) is 0 Å². The quantitative estimate of drug-likeness (QED) is 0.500. The van der Waals surface area contributed by atoms with Gasteiger partial charge >= 0.3 is 0 Å². The van der Waals surface area contributed by atoms with Gasteiger partial charge in [0.1, 0.15) is 12.4 Å². The topological polar surface area (TPSA) is 90.6 Å². The number of hydrogen-bond acceptors (Lipinski definition) is 5. The lowest BCUT2D eigenvalue weighted by Gasteiger charge is -2.10. The molecule has 0 aromatic heterocycles. The van der Waals surface area contributed by atoms with Crippen LogP contribution in [0.1, 0.15) is 13.8 Å². The van der Waals surface area contributed by atoms with Crippen LogP contribution < -0.4 is 15.2 Å². The summed E-state index contributed by atoms with van der Waals surface area (Å²) < 4.78 is 36.5. The highest BCUT2D eigenvalue weighted by molar-refractivity contribution is 7.89.